The largest absolute Gasteiger partial charge is 0.393 e. The number of rotatable bonds is 4. The first-order valence-electron chi connectivity index (χ1n) is 5.43. The maximum absolute atomic E-state index is 11.7. The molecule has 98 valence electrons. The Kier molecular flexibility index (Phi) is 3.75. The molecule has 0 saturated heterocycles. The lowest BCUT2D eigenvalue weighted by atomic mass is 10.3. The summed E-state index contributed by atoms with van der Waals surface area (Å²) in [4.78, 5) is 25.3. The molecule has 0 saturated carbocycles. The number of aliphatic hydroxyl groups is 1. The quantitative estimate of drug-likeness (QED) is 0.681. The van der Waals surface area contributed by atoms with E-state index in [2.05, 4.69) is 4.98 Å². The van der Waals surface area contributed by atoms with Crippen LogP contribution in [-0.2, 0) is 16.1 Å². The normalized spacial score (nSPS) is 22.6. The molecule has 1 aliphatic rings. The third kappa shape index (κ3) is 2.42. The van der Waals surface area contributed by atoms with Crippen LogP contribution in [-0.4, -0.2) is 34.5 Å². The van der Waals surface area contributed by atoms with Crippen molar-refractivity contribution in [1.82, 2.24) is 9.55 Å². The van der Waals surface area contributed by atoms with Crippen LogP contribution in [0.3, 0.4) is 0 Å². The predicted molar refractivity (Wildman–Crippen MR) is 62.2 cm³/mol. The van der Waals surface area contributed by atoms with E-state index in [1.54, 1.807) is 12.2 Å². The second kappa shape index (κ2) is 5.30. The van der Waals surface area contributed by atoms with Gasteiger partial charge in [0, 0.05) is 13.3 Å². The summed E-state index contributed by atoms with van der Waals surface area (Å²) in [6, 6.07) is 0. The van der Waals surface area contributed by atoms with Crippen molar-refractivity contribution in [3.8, 4) is 0 Å². The molecule has 0 spiro atoms. The van der Waals surface area contributed by atoms with Gasteiger partial charge >= 0.3 is 5.69 Å². The summed E-state index contributed by atoms with van der Waals surface area (Å²) >= 11 is 0. The summed E-state index contributed by atoms with van der Waals surface area (Å²) in [5, 5.41) is 8.94. The molecule has 0 aliphatic carbocycles. The van der Waals surface area contributed by atoms with E-state index in [-0.39, 0.29) is 13.2 Å². The van der Waals surface area contributed by atoms with Crippen molar-refractivity contribution in [3.63, 3.8) is 0 Å². The van der Waals surface area contributed by atoms with E-state index in [4.69, 9.17) is 14.6 Å². The van der Waals surface area contributed by atoms with Gasteiger partial charge in [0.2, 0.25) is 0 Å². The van der Waals surface area contributed by atoms with Gasteiger partial charge in [0.25, 0.3) is 5.56 Å². The van der Waals surface area contributed by atoms with Crippen LogP contribution in [0.15, 0.2) is 27.9 Å². The Bertz CT molecular complexity index is 559. The summed E-state index contributed by atoms with van der Waals surface area (Å²) in [6.07, 6.45) is 3.66. The monoisotopic (exact) mass is 254 g/mol. The maximum atomic E-state index is 11.7. The molecular weight excluding hydrogens is 240 g/mol. The van der Waals surface area contributed by atoms with Crippen LogP contribution >= 0.6 is 0 Å². The minimum atomic E-state index is -0.623. The Balaban J connectivity index is 2.34. The van der Waals surface area contributed by atoms with Crippen molar-refractivity contribution in [2.24, 2.45) is 0 Å². The third-order valence-electron chi connectivity index (χ3n) is 2.60. The SMILES string of the molecule is COCc1cn(C2C=C[C@@H](CO)O2)c(=O)[nH]c1=O. The number of hydrogen-bond acceptors (Lipinski definition) is 5. The first-order chi connectivity index (χ1) is 8.65. The standard InChI is InChI=1S/C11H14N2O5/c1-17-6-7-4-13(11(16)12-10(7)15)9-3-2-8(5-14)18-9/h2-4,8-9,14H,5-6H2,1H3,(H,12,15,16)/t8-,9?/m0/s1. The molecule has 1 aromatic rings. The van der Waals surface area contributed by atoms with Gasteiger partial charge < -0.3 is 14.6 Å². The van der Waals surface area contributed by atoms with Crippen LogP contribution in [0, 0.1) is 0 Å². The predicted octanol–water partition coefficient (Wildman–Crippen LogP) is -0.871. The number of aromatic amines is 1. The molecule has 1 aliphatic heterocycles. The molecule has 2 heterocycles. The Labute approximate surface area is 102 Å². The molecular formula is C11H14N2O5. The molecule has 2 N–H and O–H groups in total. The number of methoxy groups -OCH3 is 1. The van der Waals surface area contributed by atoms with E-state index in [0.717, 1.165) is 0 Å². The zero-order chi connectivity index (χ0) is 13.1. The molecule has 0 amide bonds. The van der Waals surface area contributed by atoms with Gasteiger partial charge in [0.15, 0.2) is 6.23 Å². The first kappa shape index (κ1) is 12.7. The van der Waals surface area contributed by atoms with Crippen LogP contribution in [0.4, 0.5) is 0 Å². The van der Waals surface area contributed by atoms with Crippen molar-refractivity contribution < 1.29 is 14.6 Å². The smallest absolute Gasteiger partial charge is 0.330 e. The lowest BCUT2D eigenvalue weighted by Gasteiger charge is -2.15. The Morgan fingerprint density at radius 3 is 2.89 bits per heavy atom. The summed E-state index contributed by atoms with van der Waals surface area (Å²) in [7, 11) is 1.46. The summed E-state index contributed by atoms with van der Waals surface area (Å²) in [6.45, 7) is -0.0501. The van der Waals surface area contributed by atoms with Gasteiger partial charge in [-0.3, -0.25) is 14.3 Å². The van der Waals surface area contributed by atoms with Gasteiger partial charge in [-0.05, 0) is 6.08 Å². The number of nitrogens with zero attached hydrogens (tertiary/aromatic N) is 1. The molecule has 0 fully saturated rings. The minimum absolute atomic E-state index is 0.107. The van der Waals surface area contributed by atoms with E-state index >= 15 is 0 Å². The summed E-state index contributed by atoms with van der Waals surface area (Å²) < 4.78 is 11.5. The van der Waals surface area contributed by atoms with Gasteiger partial charge in [0.1, 0.15) is 6.10 Å². The van der Waals surface area contributed by atoms with Gasteiger partial charge in [-0.2, -0.15) is 0 Å². The Morgan fingerprint density at radius 1 is 1.50 bits per heavy atom. The van der Waals surface area contributed by atoms with Gasteiger partial charge in [-0.15, -0.1) is 0 Å². The molecule has 2 atom stereocenters. The fraction of sp³-hybridized carbons (Fsp3) is 0.455. The molecule has 0 aromatic carbocycles. The van der Waals surface area contributed by atoms with Crippen LogP contribution in [0.25, 0.3) is 0 Å². The fourth-order valence-corrected chi connectivity index (χ4v) is 1.73. The highest BCUT2D eigenvalue weighted by atomic mass is 16.5. The van der Waals surface area contributed by atoms with Crippen molar-refractivity contribution >= 4 is 0 Å². The topological polar surface area (TPSA) is 93.6 Å². The zero-order valence-electron chi connectivity index (χ0n) is 9.83. The van der Waals surface area contributed by atoms with Gasteiger partial charge in [-0.25, -0.2) is 4.79 Å². The van der Waals surface area contributed by atoms with Gasteiger partial charge in [-0.1, -0.05) is 6.08 Å². The molecule has 0 bridgehead atoms. The summed E-state index contributed by atoms with van der Waals surface area (Å²) in [5.41, 5.74) is -0.701. The van der Waals surface area contributed by atoms with Crippen molar-refractivity contribution in [1.29, 1.82) is 0 Å². The van der Waals surface area contributed by atoms with Crippen LogP contribution in [0.2, 0.25) is 0 Å². The lowest BCUT2D eigenvalue weighted by Crippen LogP contribution is -2.34. The average Bonchev–Trinajstić information content (AvgIpc) is 2.81. The van der Waals surface area contributed by atoms with Crippen molar-refractivity contribution in [2.75, 3.05) is 13.7 Å². The fourth-order valence-electron chi connectivity index (χ4n) is 1.73. The highest BCUT2D eigenvalue weighted by Crippen LogP contribution is 2.18. The molecule has 7 nitrogen and oxygen atoms in total. The van der Waals surface area contributed by atoms with E-state index in [0.29, 0.717) is 5.56 Å². The molecule has 1 aromatic heterocycles. The van der Waals surface area contributed by atoms with Crippen LogP contribution < -0.4 is 11.2 Å². The first-order valence-corrected chi connectivity index (χ1v) is 5.43. The number of ether oxygens (including phenoxy) is 2. The van der Waals surface area contributed by atoms with E-state index < -0.39 is 23.6 Å². The van der Waals surface area contributed by atoms with E-state index in [9.17, 15) is 9.59 Å². The van der Waals surface area contributed by atoms with E-state index in [1.807, 2.05) is 0 Å². The maximum Gasteiger partial charge on any atom is 0.330 e. The molecule has 2 rings (SSSR count). The van der Waals surface area contributed by atoms with Crippen molar-refractivity contribution in [2.45, 2.75) is 18.9 Å². The number of hydrogen-bond donors (Lipinski definition) is 2. The number of aromatic nitrogens is 2. The minimum Gasteiger partial charge on any atom is -0.393 e. The van der Waals surface area contributed by atoms with Crippen LogP contribution in [0.5, 0.6) is 0 Å². The zero-order valence-corrected chi connectivity index (χ0v) is 9.83. The highest BCUT2D eigenvalue weighted by molar-refractivity contribution is 5.07. The molecule has 7 heteroatoms. The summed E-state index contributed by atoms with van der Waals surface area (Å²) in [5.74, 6) is 0. The molecule has 1 unspecified atom stereocenters. The second-order valence-electron chi connectivity index (χ2n) is 3.89. The molecule has 18 heavy (non-hydrogen) atoms. The Hall–Kier alpha value is -1.70. The highest BCUT2D eigenvalue weighted by Gasteiger charge is 2.21. The lowest BCUT2D eigenvalue weighted by molar-refractivity contribution is -0.0106. The Morgan fingerprint density at radius 2 is 2.28 bits per heavy atom. The van der Waals surface area contributed by atoms with Crippen molar-refractivity contribution in [3.05, 3.63) is 44.8 Å². The van der Waals surface area contributed by atoms with Gasteiger partial charge in [0.05, 0.1) is 18.8 Å². The average molecular weight is 254 g/mol. The number of nitrogens with one attached hydrogen (secondary N) is 1. The second-order valence-corrected chi connectivity index (χ2v) is 3.89. The number of aliphatic hydroxyl groups excluding tert-OH is 1. The third-order valence-corrected chi connectivity index (χ3v) is 2.60. The molecule has 0 radical (unpaired) electrons. The van der Waals surface area contributed by atoms with Crippen LogP contribution in [0.1, 0.15) is 11.8 Å². The number of H-pyrrole nitrogens is 1. The van der Waals surface area contributed by atoms with E-state index in [1.165, 1.54) is 17.9 Å².